The van der Waals surface area contributed by atoms with Gasteiger partial charge in [0.05, 0.1) is 11.3 Å². The molecule has 104 valence electrons. The first-order chi connectivity index (χ1) is 9.37. The summed E-state index contributed by atoms with van der Waals surface area (Å²) in [6.07, 6.45) is -3.62. The SMILES string of the molecule is O=C(O)c1ccnc(-c2ccccc2OC(F)(F)F)c1. The van der Waals surface area contributed by atoms with Gasteiger partial charge in [-0.1, -0.05) is 12.1 Å². The van der Waals surface area contributed by atoms with Crippen LogP contribution in [0.2, 0.25) is 0 Å². The van der Waals surface area contributed by atoms with Crippen LogP contribution in [-0.4, -0.2) is 22.4 Å². The number of para-hydroxylation sites is 1. The largest absolute Gasteiger partial charge is 0.573 e. The molecule has 1 aromatic heterocycles. The normalized spacial score (nSPS) is 11.2. The highest BCUT2D eigenvalue weighted by atomic mass is 19.4. The molecule has 0 saturated heterocycles. The van der Waals surface area contributed by atoms with E-state index in [9.17, 15) is 18.0 Å². The number of ether oxygens (including phenoxy) is 1. The average molecular weight is 283 g/mol. The molecular weight excluding hydrogens is 275 g/mol. The molecule has 0 atom stereocenters. The van der Waals surface area contributed by atoms with Crippen LogP contribution in [0.4, 0.5) is 13.2 Å². The molecule has 4 nitrogen and oxygen atoms in total. The Balaban J connectivity index is 2.47. The summed E-state index contributed by atoms with van der Waals surface area (Å²) in [5, 5.41) is 8.87. The number of aromatic nitrogens is 1. The maximum Gasteiger partial charge on any atom is 0.573 e. The number of carbonyl (C=O) groups is 1. The van der Waals surface area contributed by atoms with Crippen LogP contribution in [0.5, 0.6) is 5.75 Å². The first kappa shape index (κ1) is 13.9. The van der Waals surface area contributed by atoms with Crippen molar-refractivity contribution in [3.8, 4) is 17.0 Å². The zero-order valence-electron chi connectivity index (χ0n) is 9.89. The van der Waals surface area contributed by atoms with Crippen molar-refractivity contribution >= 4 is 5.97 Å². The fourth-order valence-corrected chi connectivity index (χ4v) is 1.60. The maximum atomic E-state index is 12.3. The molecule has 0 bridgehead atoms. The second-order valence-corrected chi connectivity index (χ2v) is 3.78. The van der Waals surface area contributed by atoms with Gasteiger partial charge in [-0.05, 0) is 24.3 Å². The van der Waals surface area contributed by atoms with Crippen LogP contribution in [0.1, 0.15) is 10.4 Å². The quantitative estimate of drug-likeness (QED) is 0.938. The lowest BCUT2D eigenvalue weighted by molar-refractivity contribution is -0.274. The second-order valence-electron chi connectivity index (χ2n) is 3.78. The third-order valence-corrected chi connectivity index (χ3v) is 2.40. The number of alkyl halides is 3. The third kappa shape index (κ3) is 3.25. The van der Waals surface area contributed by atoms with E-state index in [2.05, 4.69) is 9.72 Å². The summed E-state index contributed by atoms with van der Waals surface area (Å²) in [6.45, 7) is 0. The van der Waals surface area contributed by atoms with Crippen LogP contribution in [-0.2, 0) is 0 Å². The van der Waals surface area contributed by atoms with Crippen molar-refractivity contribution in [2.45, 2.75) is 6.36 Å². The molecule has 7 heteroatoms. The standard InChI is InChI=1S/C13H8F3NO3/c14-13(15,16)20-11-4-2-1-3-9(11)10-7-8(12(18)19)5-6-17-10/h1-7H,(H,18,19). The number of carboxylic acid groups (broad SMARTS) is 1. The van der Waals surface area contributed by atoms with Gasteiger partial charge >= 0.3 is 12.3 Å². The zero-order valence-corrected chi connectivity index (χ0v) is 9.89. The molecule has 0 radical (unpaired) electrons. The van der Waals surface area contributed by atoms with E-state index in [1.54, 1.807) is 0 Å². The lowest BCUT2D eigenvalue weighted by Crippen LogP contribution is -2.17. The van der Waals surface area contributed by atoms with E-state index in [1.807, 2.05) is 0 Å². The summed E-state index contributed by atoms with van der Waals surface area (Å²) in [7, 11) is 0. The summed E-state index contributed by atoms with van der Waals surface area (Å²) in [5.74, 6) is -1.63. The Hall–Kier alpha value is -2.57. The molecule has 0 aliphatic heterocycles. The predicted molar refractivity (Wildman–Crippen MR) is 63.3 cm³/mol. The molecule has 0 saturated carbocycles. The van der Waals surface area contributed by atoms with Gasteiger partial charge in [-0.15, -0.1) is 13.2 Å². The molecule has 20 heavy (non-hydrogen) atoms. The Morgan fingerprint density at radius 1 is 1.20 bits per heavy atom. The van der Waals surface area contributed by atoms with Gasteiger partial charge < -0.3 is 9.84 Å². The minimum absolute atomic E-state index is 0.0629. The topological polar surface area (TPSA) is 59.4 Å². The Morgan fingerprint density at radius 2 is 1.90 bits per heavy atom. The minimum Gasteiger partial charge on any atom is -0.478 e. The van der Waals surface area contributed by atoms with E-state index in [4.69, 9.17) is 5.11 Å². The zero-order chi connectivity index (χ0) is 14.8. The van der Waals surface area contributed by atoms with Gasteiger partial charge in [-0.25, -0.2) is 4.79 Å². The minimum atomic E-state index is -4.83. The van der Waals surface area contributed by atoms with Crippen molar-refractivity contribution in [3.63, 3.8) is 0 Å². The molecule has 0 spiro atoms. The highest BCUT2D eigenvalue weighted by molar-refractivity contribution is 5.89. The summed E-state index contributed by atoms with van der Waals surface area (Å²) in [5.41, 5.74) is 0.0782. The van der Waals surface area contributed by atoms with Crippen LogP contribution in [0.15, 0.2) is 42.6 Å². The van der Waals surface area contributed by atoms with Crippen molar-refractivity contribution in [1.82, 2.24) is 4.98 Å². The lowest BCUT2D eigenvalue weighted by atomic mass is 10.1. The van der Waals surface area contributed by atoms with Gasteiger partial charge in [0, 0.05) is 11.8 Å². The number of nitrogens with zero attached hydrogens (tertiary/aromatic N) is 1. The monoisotopic (exact) mass is 283 g/mol. The second kappa shape index (κ2) is 5.20. The van der Waals surface area contributed by atoms with Crippen LogP contribution >= 0.6 is 0 Å². The first-order valence-electron chi connectivity index (χ1n) is 5.41. The maximum absolute atomic E-state index is 12.3. The number of hydrogen-bond donors (Lipinski definition) is 1. The predicted octanol–water partition coefficient (Wildman–Crippen LogP) is 3.35. The summed E-state index contributed by atoms with van der Waals surface area (Å²) in [6, 6.07) is 7.83. The lowest BCUT2D eigenvalue weighted by Gasteiger charge is -2.12. The van der Waals surface area contributed by atoms with Crippen molar-refractivity contribution in [3.05, 3.63) is 48.2 Å². The van der Waals surface area contributed by atoms with Gasteiger partial charge in [-0.2, -0.15) is 0 Å². The number of halogens is 3. The van der Waals surface area contributed by atoms with Crippen molar-refractivity contribution < 1.29 is 27.8 Å². The van der Waals surface area contributed by atoms with Gasteiger partial charge in [0.2, 0.25) is 0 Å². The summed E-state index contributed by atoms with van der Waals surface area (Å²) >= 11 is 0. The molecule has 0 aliphatic carbocycles. The first-order valence-corrected chi connectivity index (χ1v) is 5.41. The Morgan fingerprint density at radius 3 is 2.55 bits per heavy atom. The van der Waals surface area contributed by atoms with Crippen molar-refractivity contribution in [2.24, 2.45) is 0 Å². The smallest absolute Gasteiger partial charge is 0.478 e. The fraction of sp³-hybridized carbons (Fsp3) is 0.0769. The number of carboxylic acids is 1. The van der Waals surface area contributed by atoms with Gasteiger partial charge in [0.15, 0.2) is 0 Å². The van der Waals surface area contributed by atoms with Gasteiger partial charge in [0.1, 0.15) is 5.75 Å². The number of benzene rings is 1. The molecule has 0 amide bonds. The molecule has 2 rings (SSSR count). The molecule has 1 heterocycles. The molecule has 1 N–H and O–H groups in total. The number of aromatic carboxylic acids is 1. The fourth-order valence-electron chi connectivity index (χ4n) is 1.60. The van der Waals surface area contributed by atoms with E-state index in [0.717, 1.165) is 6.07 Å². The van der Waals surface area contributed by atoms with Crippen LogP contribution in [0.3, 0.4) is 0 Å². The molecule has 1 aromatic carbocycles. The van der Waals surface area contributed by atoms with Crippen LogP contribution < -0.4 is 4.74 Å². The van der Waals surface area contributed by atoms with Crippen LogP contribution in [0, 0.1) is 0 Å². The molecular formula is C13H8F3NO3. The van der Waals surface area contributed by atoms with E-state index < -0.39 is 18.1 Å². The molecule has 0 aliphatic rings. The Bertz CT molecular complexity index is 641. The summed E-state index contributed by atoms with van der Waals surface area (Å²) in [4.78, 5) is 14.7. The van der Waals surface area contributed by atoms with E-state index in [-0.39, 0.29) is 16.8 Å². The Kier molecular flexibility index (Phi) is 3.60. The molecule has 2 aromatic rings. The van der Waals surface area contributed by atoms with Crippen molar-refractivity contribution in [1.29, 1.82) is 0 Å². The third-order valence-electron chi connectivity index (χ3n) is 2.40. The highest BCUT2D eigenvalue weighted by Gasteiger charge is 2.32. The molecule has 0 unspecified atom stereocenters. The van der Waals surface area contributed by atoms with Crippen LogP contribution in [0.25, 0.3) is 11.3 Å². The number of hydrogen-bond acceptors (Lipinski definition) is 3. The van der Waals surface area contributed by atoms with Gasteiger partial charge in [0.25, 0.3) is 0 Å². The number of pyridine rings is 1. The van der Waals surface area contributed by atoms with E-state index in [1.165, 1.54) is 36.5 Å². The van der Waals surface area contributed by atoms with Crippen molar-refractivity contribution in [2.75, 3.05) is 0 Å². The number of rotatable bonds is 3. The van der Waals surface area contributed by atoms with E-state index in [0.29, 0.717) is 0 Å². The Labute approximate surface area is 111 Å². The van der Waals surface area contributed by atoms with Gasteiger partial charge in [-0.3, -0.25) is 4.98 Å². The average Bonchev–Trinajstić information content (AvgIpc) is 2.37. The summed E-state index contributed by atoms with van der Waals surface area (Å²) < 4.78 is 40.8. The van der Waals surface area contributed by atoms with E-state index >= 15 is 0 Å². The highest BCUT2D eigenvalue weighted by Crippen LogP contribution is 2.32. The molecule has 0 fully saturated rings.